The molecule has 0 radical (unpaired) electrons. The van der Waals surface area contributed by atoms with Crippen LogP contribution >= 0.6 is 0 Å². The predicted molar refractivity (Wildman–Crippen MR) is 91.1 cm³/mol. The average Bonchev–Trinajstić information content (AvgIpc) is 2.90. The van der Waals surface area contributed by atoms with Crippen LogP contribution in [0.2, 0.25) is 0 Å². The second-order valence-electron chi connectivity index (χ2n) is 6.34. The lowest BCUT2D eigenvalue weighted by molar-refractivity contribution is 0.458. The van der Waals surface area contributed by atoms with Gasteiger partial charge in [-0.1, -0.05) is 44.3 Å². The van der Waals surface area contributed by atoms with Gasteiger partial charge in [0.05, 0.1) is 0 Å². The summed E-state index contributed by atoms with van der Waals surface area (Å²) < 4.78 is 0. The van der Waals surface area contributed by atoms with Crippen molar-refractivity contribution >= 4 is 0 Å². The van der Waals surface area contributed by atoms with Crippen molar-refractivity contribution < 1.29 is 0 Å². The number of unbranched alkanes of at least 4 members (excludes halogenated alkanes) is 7. The van der Waals surface area contributed by atoms with E-state index in [1.54, 1.807) is 0 Å². The molecule has 1 aliphatic heterocycles. The van der Waals surface area contributed by atoms with E-state index in [4.69, 9.17) is 0 Å². The first-order valence-electron chi connectivity index (χ1n) is 8.84. The molecule has 0 unspecified atom stereocenters. The standard InChI is InChI=1S/C19H35N/c1-3-5-7-9-10-11-13-15-19-17-16-18(20-19)14-12-8-6-4-2/h3-4,18-20H,1-2,5-17H2/t18-,19-/m1/s1. The summed E-state index contributed by atoms with van der Waals surface area (Å²) in [5.41, 5.74) is 0. The maximum atomic E-state index is 3.84. The van der Waals surface area contributed by atoms with Crippen molar-refractivity contribution in [3.05, 3.63) is 25.3 Å². The quantitative estimate of drug-likeness (QED) is 0.333. The first-order chi connectivity index (χ1) is 9.86. The van der Waals surface area contributed by atoms with Crippen LogP contribution in [-0.2, 0) is 0 Å². The summed E-state index contributed by atoms with van der Waals surface area (Å²) in [5.74, 6) is 0. The van der Waals surface area contributed by atoms with E-state index in [1.807, 2.05) is 12.2 Å². The van der Waals surface area contributed by atoms with Crippen molar-refractivity contribution in [2.45, 2.75) is 95.6 Å². The van der Waals surface area contributed by atoms with Crippen LogP contribution in [0.25, 0.3) is 0 Å². The van der Waals surface area contributed by atoms with E-state index >= 15 is 0 Å². The Balaban J connectivity index is 1.90. The molecule has 2 atom stereocenters. The minimum atomic E-state index is 0.803. The number of hydrogen-bond acceptors (Lipinski definition) is 1. The monoisotopic (exact) mass is 277 g/mol. The fourth-order valence-corrected chi connectivity index (χ4v) is 3.25. The maximum absolute atomic E-state index is 3.84. The molecular formula is C19H35N. The van der Waals surface area contributed by atoms with Gasteiger partial charge < -0.3 is 5.32 Å². The smallest absolute Gasteiger partial charge is 0.00702 e. The first-order valence-corrected chi connectivity index (χ1v) is 8.84. The van der Waals surface area contributed by atoms with Crippen molar-refractivity contribution in [3.8, 4) is 0 Å². The van der Waals surface area contributed by atoms with Gasteiger partial charge in [0, 0.05) is 12.1 Å². The molecule has 1 heterocycles. The summed E-state index contributed by atoms with van der Waals surface area (Å²) in [6.07, 6.45) is 21.7. The van der Waals surface area contributed by atoms with Crippen molar-refractivity contribution in [3.63, 3.8) is 0 Å². The predicted octanol–water partition coefficient (Wildman–Crippen LogP) is 5.77. The third-order valence-corrected chi connectivity index (χ3v) is 4.51. The Hall–Kier alpha value is -0.560. The zero-order valence-corrected chi connectivity index (χ0v) is 13.4. The highest BCUT2D eigenvalue weighted by Crippen LogP contribution is 2.21. The topological polar surface area (TPSA) is 12.0 Å². The van der Waals surface area contributed by atoms with Crippen LogP contribution in [-0.4, -0.2) is 12.1 Å². The number of hydrogen-bond donors (Lipinski definition) is 1. The second-order valence-corrected chi connectivity index (χ2v) is 6.34. The van der Waals surface area contributed by atoms with E-state index in [2.05, 4.69) is 18.5 Å². The third-order valence-electron chi connectivity index (χ3n) is 4.51. The largest absolute Gasteiger partial charge is 0.311 e. The van der Waals surface area contributed by atoms with Gasteiger partial charge in [0.1, 0.15) is 0 Å². The summed E-state index contributed by atoms with van der Waals surface area (Å²) in [6.45, 7) is 7.56. The minimum Gasteiger partial charge on any atom is -0.311 e. The van der Waals surface area contributed by atoms with Gasteiger partial charge in [-0.05, 0) is 51.4 Å². The van der Waals surface area contributed by atoms with Gasteiger partial charge in [0.15, 0.2) is 0 Å². The highest BCUT2D eigenvalue weighted by molar-refractivity contribution is 4.83. The highest BCUT2D eigenvalue weighted by Gasteiger charge is 2.22. The molecule has 0 saturated carbocycles. The van der Waals surface area contributed by atoms with E-state index in [0.29, 0.717) is 0 Å². The highest BCUT2D eigenvalue weighted by atomic mass is 15.0. The zero-order valence-electron chi connectivity index (χ0n) is 13.4. The van der Waals surface area contributed by atoms with E-state index in [0.717, 1.165) is 12.1 Å². The molecule has 0 amide bonds. The van der Waals surface area contributed by atoms with Gasteiger partial charge in [-0.3, -0.25) is 0 Å². The molecule has 1 nitrogen and oxygen atoms in total. The zero-order chi connectivity index (χ0) is 14.5. The molecular weight excluding hydrogens is 242 g/mol. The molecule has 0 aromatic heterocycles. The van der Waals surface area contributed by atoms with Gasteiger partial charge in [-0.2, -0.15) is 0 Å². The lowest BCUT2D eigenvalue weighted by Crippen LogP contribution is -2.29. The molecule has 0 bridgehead atoms. The molecule has 0 aromatic carbocycles. The second kappa shape index (κ2) is 12.2. The van der Waals surface area contributed by atoms with Gasteiger partial charge in [-0.15, -0.1) is 13.2 Å². The lowest BCUT2D eigenvalue weighted by atomic mass is 10.0. The number of rotatable bonds is 13. The Morgan fingerprint density at radius 1 is 0.700 bits per heavy atom. The molecule has 20 heavy (non-hydrogen) atoms. The average molecular weight is 277 g/mol. The summed E-state index contributed by atoms with van der Waals surface area (Å²) in [7, 11) is 0. The van der Waals surface area contributed by atoms with Crippen LogP contribution in [0.1, 0.15) is 83.5 Å². The van der Waals surface area contributed by atoms with Gasteiger partial charge >= 0.3 is 0 Å². The first kappa shape index (κ1) is 17.5. The Bertz CT molecular complexity index is 246. The van der Waals surface area contributed by atoms with Gasteiger partial charge in [0.2, 0.25) is 0 Å². The van der Waals surface area contributed by atoms with Crippen LogP contribution in [0.4, 0.5) is 0 Å². The van der Waals surface area contributed by atoms with E-state index < -0.39 is 0 Å². The van der Waals surface area contributed by atoms with Crippen LogP contribution in [0.15, 0.2) is 25.3 Å². The lowest BCUT2D eigenvalue weighted by Gasteiger charge is -2.14. The third kappa shape index (κ3) is 8.58. The van der Waals surface area contributed by atoms with E-state index in [1.165, 1.54) is 83.5 Å². The van der Waals surface area contributed by atoms with Crippen LogP contribution in [0, 0.1) is 0 Å². The maximum Gasteiger partial charge on any atom is 0.00702 e. The van der Waals surface area contributed by atoms with Crippen molar-refractivity contribution in [2.75, 3.05) is 0 Å². The Kier molecular flexibility index (Phi) is 10.7. The molecule has 1 aliphatic rings. The molecule has 1 rings (SSSR count). The fourth-order valence-electron chi connectivity index (χ4n) is 3.25. The Morgan fingerprint density at radius 3 is 1.75 bits per heavy atom. The summed E-state index contributed by atoms with van der Waals surface area (Å²) in [6, 6.07) is 1.62. The molecule has 116 valence electrons. The van der Waals surface area contributed by atoms with Crippen molar-refractivity contribution in [1.29, 1.82) is 0 Å². The molecule has 1 heteroatoms. The SMILES string of the molecule is C=CCCCCCCC[C@@H]1CC[C@@H](CCCCC=C)N1. The molecule has 0 aliphatic carbocycles. The number of allylic oxidation sites excluding steroid dienone is 2. The van der Waals surface area contributed by atoms with Gasteiger partial charge in [0.25, 0.3) is 0 Å². The van der Waals surface area contributed by atoms with Crippen LogP contribution < -0.4 is 5.32 Å². The summed E-state index contributed by atoms with van der Waals surface area (Å²) in [4.78, 5) is 0. The van der Waals surface area contributed by atoms with Crippen LogP contribution in [0.5, 0.6) is 0 Å². The Labute approximate surface area is 126 Å². The Morgan fingerprint density at radius 2 is 1.15 bits per heavy atom. The van der Waals surface area contributed by atoms with E-state index in [9.17, 15) is 0 Å². The van der Waals surface area contributed by atoms with E-state index in [-0.39, 0.29) is 0 Å². The summed E-state index contributed by atoms with van der Waals surface area (Å²) in [5, 5.41) is 3.84. The minimum absolute atomic E-state index is 0.803. The molecule has 1 N–H and O–H groups in total. The molecule has 0 spiro atoms. The molecule has 1 saturated heterocycles. The number of nitrogens with one attached hydrogen (secondary N) is 1. The molecule has 0 aromatic rings. The fraction of sp³-hybridized carbons (Fsp3) is 0.789. The van der Waals surface area contributed by atoms with Crippen molar-refractivity contribution in [2.24, 2.45) is 0 Å². The molecule has 1 fully saturated rings. The van der Waals surface area contributed by atoms with Crippen LogP contribution in [0.3, 0.4) is 0 Å². The summed E-state index contributed by atoms with van der Waals surface area (Å²) >= 11 is 0. The van der Waals surface area contributed by atoms with Gasteiger partial charge in [-0.25, -0.2) is 0 Å². The normalized spacial score (nSPS) is 22.0. The van der Waals surface area contributed by atoms with Crippen molar-refractivity contribution in [1.82, 2.24) is 5.32 Å².